The lowest BCUT2D eigenvalue weighted by atomic mass is 10.2. The van der Waals surface area contributed by atoms with Gasteiger partial charge in [-0.2, -0.15) is 5.10 Å². The van der Waals surface area contributed by atoms with Crippen LogP contribution in [-0.4, -0.2) is 27.9 Å². The van der Waals surface area contributed by atoms with Gasteiger partial charge in [0.1, 0.15) is 0 Å². The van der Waals surface area contributed by atoms with Gasteiger partial charge in [-0.15, -0.1) is 0 Å². The molecule has 3 aromatic rings. The summed E-state index contributed by atoms with van der Waals surface area (Å²) in [7, 11) is 0. The first-order valence-electron chi connectivity index (χ1n) is 7.72. The van der Waals surface area contributed by atoms with Crippen LogP contribution in [0.4, 0.5) is 5.69 Å². The molecule has 0 N–H and O–H groups in total. The predicted molar refractivity (Wildman–Crippen MR) is 88.2 cm³/mol. The first-order chi connectivity index (χ1) is 10.9. The van der Waals surface area contributed by atoms with Gasteiger partial charge in [-0.3, -0.25) is 4.98 Å². The van der Waals surface area contributed by atoms with Crippen molar-refractivity contribution in [2.75, 3.05) is 18.0 Å². The summed E-state index contributed by atoms with van der Waals surface area (Å²) < 4.78 is 1.98. The molecule has 0 saturated carbocycles. The molecule has 110 valence electrons. The summed E-state index contributed by atoms with van der Waals surface area (Å²) in [6, 6.07) is 14.7. The zero-order chi connectivity index (χ0) is 14.8. The smallest absolute Gasteiger partial charge is 0.0742 e. The molecule has 1 aliphatic rings. The SMILES string of the molecule is c1cc(-c2ccnn2-c2ccc(N3CCCC3)cc2)ccn1. The minimum absolute atomic E-state index is 1.08. The van der Waals surface area contributed by atoms with Gasteiger partial charge in [-0.25, -0.2) is 4.68 Å². The zero-order valence-corrected chi connectivity index (χ0v) is 12.4. The van der Waals surface area contributed by atoms with E-state index in [9.17, 15) is 0 Å². The Bertz CT molecular complexity index is 740. The highest BCUT2D eigenvalue weighted by Crippen LogP contribution is 2.25. The standard InChI is InChI=1S/C18H18N4/c1-2-14-21(13-1)16-3-5-17(6-4-16)22-18(9-12-20-22)15-7-10-19-11-8-15/h3-12H,1-2,13-14H2. The number of benzene rings is 1. The summed E-state index contributed by atoms with van der Waals surface area (Å²) in [6.45, 7) is 2.34. The number of pyridine rings is 1. The van der Waals surface area contributed by atoms with Crippen LogP contribution in [0.5, 0.6) is 0 Å². The molecular weight excluding hydrogens is 272 g/mol. The van der Waals surface area contributed by atoms with E-state index in [2.05, 4.69) is 39.2 Å². The van der Waals surface area contributed by atoms with E-state index >= 15 is 0 Å². The zero-order valence-electron chi connectivity index (χ0n) is 12.4. The molecule has 22 heavy (non-hydrogen) atoms. The molecule has 0 atom stereocenters. The summed E-state index contributed by atoms with van der Waals surface area (Å²) in [4.78, 5) is 6.52. The summed E-state index contributed by atoms with van der Waals surface area (Å²) in [5.41, 5.74) is 4.59. The largest absolute Gasteiger partial charge is 0.372 e. The molecule has 0 spiro atoms. The highest BCUT2D eigenvalue weighted by molar-refractivity contribution is 5.62. The Morgan fingerprint density at radius 2 is 1.41 bits per heavy atom. The molecule has 0 unspecified atom stereocenters. The Morgan fingerprint density at radius 3 is 2.14 bits per heavy atom. The maximum atomic E-state index is 4.47. The highest BCUT2D eigenvalue weighted by atomic mass is 15.3. The van der Waals surface area contributed by atoms with E-state index in [-0.39, 0.29) is 0 Å². The monoisotopic (exact) mass is 290 g/mol. The van der Waals surface area contributed by atoms with Crippen molar-refractivity contribution in [2.45, 2.75) is 12.8 Å². The van der Waals surface area contributed by atoms with Gasteiger partial charge in [0, 0.05) is 36.7 Å². The van der Waals surface area contributed by atoms with Crippen molar-refractivity contribution in [2.24, 2.45) is 0 Å². The molecule has 4 rings (SSSR count). The third-order valence-electron chi connectivity index (χ3n) is 4.18. The van der Waals surface area contributed by atoms with Gasteiger partial charge >= 0.3 is 0 Å². The number of aromatic nitrogens is 3. The molecule has 0 radical (unpaired) electrons. The second kappa shape index (κ2) is 5.64. The fraction of sp³-hybridized carbons (Fsp3) is 0.222. The van der Waals surface area contributed by atoms with Gasteiger partial charge in [0.05, 0.1) is 17.6 Å². The number of nitrogens with zero attached hydrogens (tertiary/aromatic N) is 4. The van der Waals surface area contributed by atoms with Crippen LogP contribution >= 0.6 is 0 Å². The fourth-order valence-corrected chi connectivity index (χ4v) is 3.03. The van der Waals surface area contributed by atoms with Crippen LogP contribution in [0.3, 0.4) is 0 Å². The van der Waals surface area contributed by atoms with Crippen LogP contribution in [0.2, 0.25) is 0 Å². The van der Waals surface area contributed by atoms with E-state index in [0.717, 1.165) is 16.9 Å². The summed E-state index contributed by atoms with van der Waals surface area (Å²) in [6.07, 6.45) is 8.05. The molecule has 4 heteroatoms. The lowest BCUT2D eigenvalue weighted by Crippen LogP contribution is -2.17. The number of hydrogen-bond donors (Lipinski definition) is 0. The van der Waals surface area contributed by atoms with Gasteiger partial charge in [0.2, 0.25) is 0 Å². The maximum absolute atomic E-state index is 4.47. The van der Waals surface area contributed by atoms with Crippen LogP contribution < -0.4 is 4.90 Å². The van der Waals surface area contributed by atoms with E-state index in [1.165, 1.54) is 31.6 Å². The average molecular weight is 290 g/mol. The fourth-order valence-electron chi connectivity index (χ4n) is 3.03. The van der Waals surface area contributed by atoms with Crippen LogP contribution in [0.15, 0.2) is 61.1 Å². The molecular formula is C18H18N4. The molecule has 0 aliphatic carbocycles. The van der Waals surface area contributed by atoms with Crippen LogP contribution in [0.1, 0.15) is 12.8 Å². The van der Waals surface area contributed by atoms with E-state index < -0.39 is 0 Å². The van der Waals surface area contributed by atoms with Crippen molar-refractivity contribution in [3.63, 3.8) is 0 Å². The maximum Gasteiger partial charge on any atom is 0.0742 e. The van der Waals surface area contributed by atoms with Crippen molar-refractivity contribution >= 4 is 5.69 Å². The summed E-state index contributed by atoms with van der Waals surface area (Å²) >= 11 is 0. The Labute approximate surface area is 130 Å². The molecule has 1 aromatic carbocycles. The normalized spacial score (nSPS) is 14.5. The third-order valence-corrected chi connectivity index (χ3v) is 4.18. The van der Waals surface area contributed by atoms with Gasteiger partial charge in [0.25, 0.3) is 0 Å². The van der Waals surface area contributed by atoms with Crippen molar-refractivity contribution in [3.05, 3.63) is 61.1 Å². The molecule has 3 heterocycles. The molecule has 1 fully saturated rings. The third kappa shape index (κ3) is 2.37. The molecule has 1 aliphatic heterocycles. The van der Waals surface area contributed by atoms with Crippen molar-refractivity contribution in [1.82, 2.24) is 14.8 Å². The summed E-state index contributed by atoms with van der Waals surface area (Å²) in [5.74, 6) is 0. The van der Waals surface area contributed by atoms with Gasteiger partial charge < -0.3 is 4.90 Å². The highest BCUT2D eigenvalue weighted by Gasteiger charge is 2.13. The molecule has 4 nitrogen and oxygen atoms in total. The lowest BCUT2D eigenvalue weighted by Gasteiger charge is -2.18. The molecule has 0 amide bonds. The van der Waals surface area contributed by atoms with E-state index in [1.807, 2.05) is 41.5 Å². The Morgan fingerprint density at radius 1 is 0.727 bits per heavy atom. The molecule has 0 bridgehead atoms. The van der Waals surface area contributed by atoms with Gasteiger partial charge in [0.15, 0.2) is 0 Å². The number of hydrogen-bond acceptors (Lipinski definition) is 3. The first-order valence-corrected chi connectivity index (χ1v) is 7.72. The molecule has 2 aromatic heterocycles. The minimum Gasteiger partial charge on any atom is -0.372 e. The molecule has 1 saturated heterocycles. The van der Waals surface area contributed by atoms with Crippen LogP contribution in [0, 0.1) is 0 Å². The van der Waals surface area contributed by atoms with E-state index in [1.54, 1.807) is 0 Å². The quantitative estimate of drug-likeness (QED) is 0.740. The second-order valence-electron chi connectivity index (χ2n) is 5.57. The second-order valence-corrected chi connectivity index (χ2v) is 5.57. The minimum atomic E-state index is 1.08. The van der Waals surface area contributed by atoms with Crippen LogP contribution in [-0.2, 0) is 0 Å². The van der Waals surface area contributed by atoms with E-state index in [0.29, 0.717) is 0 Å². The van der Waals surface area contributed by atoms with Crippen LogP contribution in [0.25, 0.3) is 16.9 Å². The predicted octanol–water partition coefficient (Wildman–Crippen LogP) is 3.53. The number of anilines is 1. The van der Waals surface area contributed by atoms with E-state index in [4.69, 9.17) is 0 Å². The first kappa shape index (κ1) is 13.1. The van der Waals surface area contributed by atoms with Gasteiger partial charge in [-0.05, 0) is 55.3 Å². The number of rotatable bonds is 3. The Hall–Kier alpha value is -2.62. The van der Waals surface area contributed by atoms with Crippen molar-refractivity contribution in [3.8, 4) is 16.9 Å². The topological polar surface area (TPSA) is 34.0 Å². The van der Waals surface area contributed by atoms with Gasteiger partial charge in [-0.1, -0.05) is 0 Å². The average Bonchev–Trinajstić information content (AvgIpc) is 3.28. The summed E-state index contributed by atoms with van der Waals surface area (Å²) in [5, 5.41) is 4.47. The lowest BCUT2D eigenvalue weighted by molar-refractivity contribution is 0.885. The Balaban J connectivity index is 1.67. The Kier molecular flexibility index (Phi) is 3.35. The van der Waals surface area contributed by atoms with Crippen molar-refractivity contribution < 1.29 is 0 Å². The van der Waals surface area contributed by atoms with Crippen molar-refractivity contribution in [1.29, 1.82) is 0 Å².